The van der Waals surface area contributed by atoms with Crippen molar-refractivity contribution in [3.05, 3.63) is 77.4 Å². The van der Waals surface area contributed by atoms with Gasteiger partial charge in [-0.15, -0.1) is 11.3 Å². The van der Waals surface area contributed by atoms with Crippen molar-refractivity contribution in [1.29, 1.82) is 0 Å². The summed E-state index contributed by atoms with van der Waals surface area (Å²) in [5.41, 5.74) is 2.63. The quantitative estimate of drug-likeness (QED) is 0.133. The van der Waals surface area contributed by atoms with Crippen LogP contribution in [0.3, 0.4) is 0 Å². The molecule has 1 aromatic heterocycles. The molecule has 1 unspecified atom stereocenters. The Labute approximate surface area is 280 Å². The summed E-state index contributed by atoms with van der Waals surface area (Å²) in [5.74, 6) is 1.33. The number of thiophene rings is 1. The average Bonchev–Trinajstić information content (AvgIpc) is 3.81. The van der Waals surface area contributed by atoms with Crippen molar-refractivity contribution in [2.75, 3.05) is 39.9 Å². The lowest BCUT2D eigenvalue weighted by molar-refractivity contribution is -0.160. The third-order valence-electron chi connectivity index (χ3n) is 8.85. The summed E-state index contributed by atoms with van der Waals surface area (Å²) in [6.07, 6.45) is 4.18. The number of ketones is 1. The van der Waals surface area contributed by atoms with E-state index in [9.17, 15) is 14.7 Å². The first-order valence-corrected chi connectivity index (χ1v) is 17.3. The topological polar surface area (TPSA) is 88.5 Å². The molecule has 6 rings (SSSR count). The van der Waals surface area contributed by atoms with Gasteiger partial charge in [0.15, 0.2) is 5.78 Å². The zero-order valence-corrected chi connectivity index (χ0v) is 28.5. The van der Waals surface area contributed by atoms with Crippen molar-refractivity contribution in [3.63, 3.8) is 0 Å². The average molecular weight is 657 g/mol. The molecule has 2 saturated heterocycles. The largest absolute Gasteiger partial charge is 0.508 e. The summed E-state index contributed by atoms with van der Waals surface area (Å²) in [5, 5.41) is 11.0. The van der Waals surface area contributed by atoms with Crippen LogP contribution in [0.2, 0.25) is 0 Å². The number of esters is 1. The Bertz CT molecular complexity index is 1740. The number of phenolic OH excluding ortho intramolecular Hbond substituents is 1. The molecular weight excluding hydrogens is 612 g/mol. The van der Waals surface area contributed by atoms with Crippen molar-refractivity contribution >= 4 is 33.2 Å². The zero-order valence-electron chi connectivity index (χ0n) is 27.7. The number of carbonyl (C=O) groups excluding carboxylic acids is 2. The summed E-state index contributed by atoms with van der Waals surface area (Å²) in [4.78, 5) is 32.3. The van der Waals surface area contributed by atoms with Gasteiger partial charge in [-0.3, -0.25) is 19.4 Å². The van der Waals surface area contributed by atoms with E-state index in [1.54, 1.807) is 19.2 Å². The number of carbonyl (C=O) groups is 2. The molecule has 47 heavy (non-hydrogen) atoms. The van der Waals surface area contributed by atoms with Crippen LogP contribution in [0.25, 0.3) is 20.5 Å². The molecule has 3 heterocycles. The highest BCUT2D eigenvalue weighted by atomic mass is 32.1. The molecule has 0 bridgehead atoms. The maximum absolute atomic E-state index is 14.2. The second-order valence-electron chi connectivity index (χ2n) is 13.4. The molecule has 2 aliphatic rings. The number of likely N-dealkylation sites (tertiary alicyclic amines) is 2. The number of aromatic hydroxyl groups is 1. The molecule has 0 saturated carbocycles. The molecular formula is C38H44N2O6S. The summed E-state index contributed by atoms with van der Waals surface area (Å²) in [7, 11) is 1.65. The third kappa shape index (κ3) is 7.64. The van der Waals surface area contributed by atoms with E-state index in [0.29, 0.717) is 35.8 Å². The minimum atomic E-state index is -0.507. The van der Waals surface area contributed by atoms with Crippen LogP contribution in [0.1, 0.15) is 67.9 Å². The van der Waals surface area contributed by atoms with E-state index in [4.69, 9.17) is 14.2 Å². The number of methoxy groups -OCH3 is 1. The maximum Gasteiger partial charge on any atom is 0.323 e. The SMILES string of the molecule is COc1cc(C(=O)c2c(-c3ccc(OCCN4CCCC4C(=O)OC(C)(C)C)cc3)sc3cc(O)ccc23)ccc1CN1CCCC1. The number of ether oxygens (including phenoxy) is 3. The van der Waals surface area contributed by atoms with Crippen LogP contribution in [0, 0.1) is 0 Å². The molecule has 0 radical (unpaired) electrons. The molecule has 9 heteroatoms. The third-order valence-corrected chi connectivity index (χ3v) is 10.1. The maximum atomic E-state index is 14.2. The van der Waals surface area contributed by atoms with Crippen molar-refractivity contribution in [1.82, 2.24) is 9.80 Å². The van der Waals surface area contributed by atoms with Gasteiger partial charge in [0.05, 0.1) is 7.11 Å². The molecule has 0 amide bonds. The highest BCUT2D eigenvalue weighted by Gasteiger charge is 2.34. The van der Waals surface area contributed by atoms with Gasteiger partial charge in [0.1, 0.15) is 35.5 Å². The van der Waals surface area contributed by atoms with E-state index in [-0.39, 0.29) is 23.5 Å². The molecule has 0 aliphatic carbocycles. The smallest absolute Gasteiger partial charge is 0.323 e. The van der Waals surface area contributed by atoms with Crippen LogP contribution in [-0.2, 0) is 16.1 Å². The highest BCUT2D eigenvalue weighted by Crippen LogP contribution is 2.42. The van der Waals surface area contributed by atoms with Crippen LogP contribution in [-0.4, -0.2) is 78.2 Å². The van der Waals surface area contributed by atoms with E-state index in [2.05, 4.69) is 9.80 Å². The van der Waals surface area contributed by atoms with Gasteiger partial charge in [-0.1, -0.05) is 12.1 Å². The Morgan fingerprint density at radius 3 is 2.45 bits per heavy atom. The van der Waals surface area contributed by atoms with Crippen molar-refractivity contribution in [2.24, 2.45) is 0 Å². The van der Waals surface area contributed by atoms with Crippen LogP contribution in [0.15, 0.2) is 60.7 Å². The van der Waals surface area contributed by atoms with E-state index < -0.39 is 5.60 Å². The van der Waals surface area contributed by atoms with Crippen LogP contribution in [0.5, 0.6) is 17.2 Å². The summed E-state index contributed by atoms with van der Waals surface area (Å²) < 4.78 is 18.3. The zero-order chi connectivity index (χ0) is 33.1. The predicted octanol–water partition coefficient (Wildman–Crippen LogP) is 7.29. The number of rotatable bonds is 11. The molecule has 4 aromatic rings. The second kappa shape index (κ2) is 14.1. The van der Waals surface area contributed by atoms with Crippen molar-refractivity contribution in [2.45, 2.75) is 64.6 Å². The van der Waals surface area contributed by atoms with Gasteiger partial charge >= 0.3 is 5.97 Å². The molecule has 8 nitrogen and oxygen atoms in total. The Hall–Kier alpha value is -3.92. The molecule has 1 N–H and O–H groups in total. The van der Waals surface area contributed by atoms with Gasteiger partial charge in [-0.2, -0.15) is 0 Å². The van der Waals surface area contributed by atoms with E-state index >= 15 is 0 Å². The number of hydrogen-bond acceptors (Lipinski definition) is 9. The number of nitrogens with zero attached hydrogens (tertiary/aromatic N) is 2. The van der Waals surface area contributed by atoms with Crippen LogP contribution in [0.4, 0.5) is 0 Å². The predicted molar refractivity (Wildman–Crippen MR) is 186 cm³/mol. The first-order chi connectivity index (χ1) is 22.6. The van der Waals surface area contributed by atoms with Gasteiger partial charge < -0.3 is 19.3 Å². The second-order valence-corrected chi connectivity index (χ2v) is 14.5. The first-order valence-electron chi connectivity index (χ1n) is 16.5. The lowest BCUT2D eigenvalue weighted by atomic mass is 9.96. The molecule has 1 atom stereocenters. The Kier molecular flexibility index (Phi) is 9.87. The highest BCUT2D eigenvalue weighted by molar-refractivity contribution is 7.22. The molecule has 248 valence electrons. The molecule has 2 fully saturated rings. The molecule has 2 aliphatic heterocycles. The number of fused-ring (bicyclic) bond motifs is 1. The first kappa shape index (κ1) is 33.0. The van der Waals surface area contributed by atoms with E-state index in [0.717, 1.165) is 65.1 Å². The van der Waals surface area contributed by atoms with Crippen molar-refractivity contribution < 1.29 is 28.9 Å². The fraction of sp³-hybridized carbons (Fsp3) is 0.421. The van der Waals surface area contributed by atoms with Gasteiger partial charge in [-0.05, 0) is 120 Å². The Morgan fingerprint density at radius 2 is 1.72 bits per heavy atom. The Morgan fingerprint density at radius 1 is 0.957 bits per heavy atom. The Balaban J connectivity index is 1.19. The van der Waals surface area contributed by atoms with Crippen molar-refractivity contribution in [3.8, 4) is 27.7 Å². The number of hydrogen-bond donors (Lipinski definition) is 1. The van der Waals surface area contributed by atoms with Crippen LogP contribution < -0.4 is 9.47 Å². The number of phenols is 1. The van der Waals surface area contributed by atoms with Gasteiger partial charge in [-0.25, -0.2) is 0 Å². The van der Waals surface area contributed by atoms with Gasteiger partial charge in [0.25, 0.3) is 0 Å². The van der Waals surface area contributed by atoms with Crippen LogP contribution >= 0.6 is 11.3 Å². The fourth-order valence-corrected chi connectivity index (χ4v) is 7.81. The standard InChI is InChI=1S/C38H44N2O6S/c1-38(2,3)46-37(43)31-8-7-19-40(31)20-21-45-29-14-11-25(12-15-29)36-34(30-16-13-28(41)23-33(30)47-36)35(42)26-9-10-27(32(22-26)44-4)24-39-17-5-6-18-39/h9-16,22-23,31,41H,5-8,17-21,24H2,1-4H3. The van der Waals surface area contributed by atoms with E-state index in [1.807, 2.05) is 69.3 Å². The lowest BCUT2D eigenvalue weighted by Gasteiger charge is -2.27. The summed E-state index contributed by atoms with van der Waals surface area (Å²) in [6.45, 7) is 10.6. The summed E-state index contributed by atoms with van der Waals surface area (Å²) >= 11 is 1.49. The van der Waals surface area contributed by atoms with Gasteiger partial charge in [0.2, 0.25) is 0 Å². The fourth-order valence-electron chi connectivity index (χ4n) is 6.57. The normalized spacial score (nSPS) is 17.3. The van der Waals surface area contributed by atoms with Gasteiger partial charge in [0, 0.05) is 44.7 Å². The minimum absolute atomic E-state index is 0.0894. The number of benzene rings is 3. The molecule has 0 spiro atoms. The minimum Gasteiger partial charge on any atom is -0.508 e. The summed E-state index contributed by atoms with van der Waals surface area (Å²) in [6, 6.07) is 18.4. The lowest BCUT2D eigenvalue weighted by Crippen LogP contribution is -2.42. The van der Waals surface area contributed by atoms with E-state index in [1.165, 1.54) is 24.2 Å². The monoisotopic (exact) mass is 656 g/mol. The molecule has 3 aromatic carbocycles.